The van der Waals surface area contributed by atoms with E-state index < -0.39 is 0 Å². The van der Waals surface area contributed by atoms with Crippen LogP contribution in [0.3, 0.4) is 0 Å². The lowest BCUT2D eigenvalue weighted by Gasteiger charge is -2.32. The molecule has 1 aliphatic rings. The van der Waals surface area contributed by atoms with E-state index in [1.54, 1.807) is 0 Å². The first-order valence-electron chi connectivity index (χ1n) is 6.44. The number of hydrogen-bond acceptors (Lipinski definition) is 2. The first-order chi connectivity index (χ1) is 8.65. The SMILES string of the molecule is CC1CCCCN1CC(=O)Nc1cccc(Br)c1. The third-order valence-electron chi connectivity index (χ3n) is 3.40. The average molecular weight is 311 g/mol. The van der Waals surface area contributed by atoms with E-state index in [1.807, 2.05) is 24.3 Å². The Morgan fingerprint density at radius 3 is 3.06 bits per heavy atom. The number of benzene rings is 1. The smallest absolute Gasteiger partial charge is 0.238 e. The third kappa shape index (κ3) is 3.82. The van der Waals surface area contributed by atoms with Gasteiger partial charge in [0.25, 0.3) is 0 Å². The number of hydrogen-bond donors (Lipinski definition) is 1. The molecule has 18 heavy (non-hydrogen) atoms. The minimum absolute atomic E-state index is 0.0712. The van der Waals surface area contributed by atoms with Gasteiger partial charge in [0.2, 0.25) is 5.91 Å². The molecule has 0 bridgehead atoms. The molecule has 3 nitrogen and oxygen atoms in total. The molecule has 0 aromatic heterocycles. The van der Waals surface area contributed by atoms with Gasteiger partial charge in [-0.1, -0.05) is 28.4 Å². The van der Waals surface area contributed by atoms with E-state index in [0.29, 0.717) is 12.6 Å². The predicted octanol–water partition coefficient (Wildman–Crippen LogP) is 3.26. The standard InChI is InChI=1S/C14H19BrN2O/c1-11-5-2-3-8-17(11)10-14(18)16-13-7-4-6-12(15)9-13/h4,6-7,9,11H,2-3,5,8,10H2,1H3,(H,16,18). The Hall–Kier alpha value is -0.870. The zero-order valence-corrected chi connectivity index (χ0v) is 12.2. The van der Waals surface area contributed by atoms with Crippen LogP contribution in [0.4, 0.5) is 5.69 Å². The van der Waals surface area contributed by atoms with E-state index in [9.17, 15) is 4.79 Å². The first kappa shape index (κ1) is 13.6. The number of nitrogens with zero attached hydrogens (tertiary/aromatic N) is 1. The molecule has 2 rings (SSSR count). The van der Waals surface area contributed by atoms with Gasteiger partial charge >= 0.3 is 0 Å². The number of likely N-dealkylation sites (tertiary alicyclic amines) is 1. The molecule has 0 saturated carbocycles. The topological polar surface area (TPSA) is 32.3 Å². The molecule has 4 heteroatoms. The van der Waals surface area contributed by atoms with Crippen LogP contribution < -0.4 is 5.32 Å². The van der Waals surface area contributed by atoms with Crippen molar-refractivity contribution >= 4 is 27.5 Å². The van der Waals surface area contributed by atoms with Crippen molar-refractivity contribution in [3.63, 3.8) is 0 Å². The van der Waals surface area contributed by atoms with Gasteiger partial charge in [0.15, 0.2) is 0 Å². The predicted molar refractivity (Wildman–Crippen MR) is 77.7 cm³/mol. The average Bonchev–Trinajstić information content (AvgIpc) is 2.32. The zero-order chi connectivity index (χ0) is 13.0. The van der Waals surface area contributed by atoms with Gasteiger partial charge in [0.1, 0.15) is 0 Å². The van der Waals surface area contributed by atoms with Gasteiger partial charge in [-0.15, -0.1) is 0 Å². The molecule has 0 aliphatic carbocycles. The van der Waals surface area contributed by atoms with Gasteiger partial charge < -0.3 is 5.32 Å². The fraction of sp³-hybridized carbons (Fsp3) is 0.500. The number of amides is 1. The van der Waals surface area contributed by atoms with Gasteiger partial charge in [0.05, 0.1) is 6.54 Å². The molecule has 1 heterocycles. The largest absolute Gasteiger partial charge is 0.325 e. The van der Waals surface area contributed by atoms with Crippen LogP contribution in [0.25, 0.3) is 0 Å². The maximum Gasteiger partial charge on any atom is 0.238 e. The van der Waals surface area contributed by atoms with E-state index in [4.69, 9.17) is 0 Å². The molecule has 0 radical (unpaired) electrons. The third-order valence-corrected chi connectivity index (χ3v) is 3.89. The van der Waals surface area contributed by atoms with Gasteiger partial charge in [-0.05, 0) is 44.5 Å². The molecule has 98 valence electrons. The minimum atomic E-state index is 0.0712. The van der Waals surface area contributed by atoms with Crippen molar-refractivity contribution in [3.05, 3.63) is 28.7 Å². The summed E-state index contributed by atoms with van der Waals surface area (Å²) >= 11 is 3.40. The monoisotopic (exact) mass is 310 g/mol. The number of rotatable bonds is 3. The highest BCUT2D eigenvalue weighted by atomic mass is 79.9. The molecule has 1 atom stereocenters. The van der Waals surface area contributed by atoms with Crippen LogP contribution >= 0.6 is 15.9 Å². The number of halogens is 1. The summed E-state index contributed by atoms with van der Waals surface area (Å²) in [6.45, 7) is 3.73. The van der Waals surface area contributed by atoms with E-state index in [2.05, 4.69) is 33.1 Å². The van der Waals surface area contributed by atoms with E-state index in [0.717, 1.165) is 16.7 Å². The van der Waals surface area contributed by atoms with E-state index in [-0.39, 0.29) is 5.91 Å². The number of nitrogens with one attached hydrogen (secondary N) is 1. The Morgan fingerprint density at radius 2 is 2.33 bits per heavy atom. The number of anilines is 1. The molecule has 1 unspecified atom stereocenters. The Kier molecular flexibility index (Phi) is 4.78. The molecule has 1 aliphatic heterocycles. The van der Waals surface area contributed by atoms with Crippen molar-refractivity contribution in [2.45, 2.75) is 32.2 Å². The molecule has 1 N–H and O–H groups in total. The maximum atomic E-state index is 12.0. The summed E-state index contributed by atoms with van der Waals surface area (Å²) in [6.07, 6.45) is 3.68. The highest BCUT2D eigenvalue weighted by molar-refractivity contribution is 9.10. The number of carbonyl (C=O) groups is 1. The quantitative estimate of drug-likeness (QED) is 0.929. The second-order valence-electron chi connectivity index (χ2n) is 4.87. The van der Waals surface area contributed by atoms with Crippen LogP contribution in [0.5, 0.6) is 0 Å². The van der Waals surface area contributed by atoms with Crippen molar-refractivity contribution < 1.29 is 4.79 Å². The van der Waals surface area contributed by atoms with Crippen LogP contribution in [0, 0.1) is 0 Å². The van der Waals surface area contributed by atoms with E-state index >= 15 is 0 Å². The summed E-state index contributed by atoms with van der Waals surface area (Å²) in [5, 5.41) is 2.94. The van der Waals surface area contributed by atoms with Crippen LogP contribution in [0.15, 0.2) is 28.7 Å². The van der Waals surface area contributed by atoms with Crippen LogP contribution in [-0.2, 0) is 4.79 Å². The van der Waals surface area contributed by atoms with Crippen molar-refractivity contribution in [2.75, 3.05) is 18.4 Å². The van der Waals surface area contributed by atoms with Crippen LogP contribution in [0.2, 0.25) is 0 Å². The maximum absolute atomic E-state index is 12.0. The van der Waals surface area contributed by atoms with Crippen molar-refractivity contribution in [3.8, 4) is 0 Å². The molecular weight excluding hydrogens is 292 g/mol. The summed E-state index contributed by atoms with van der Waals surface area (Å²) < 4.78 is 0.978. The molecule has 1 fully saturated rings. The fourth-order valence-electron chi connectivity index (χ4n) is 2.34. The lowest BCUT2D eigenvalue weighted by molar-refractivity contribution is -0.118. The van der Waals surface area contributed by atoms with E-state index in [1.165, 1.54) is 19.3 Å². The number of carbonyl (C=O) groups excluding carboxylic acids is 1. The van der Waals surface area contributed by atoms with Crippen molar-refractivity contribution in [2.24, 2.45) is 0 Å². The Balaban J connectivity index is 1.88. The van der Waals surface area contributed by atoms with Gasteiger partial charge in [-0.25, -0.2) is 0 Å². The van der Waals surface area contributed by atoms with Crippen molar-refractivity contribution in [1.29, 1.82) is 0 Å². The summed E-state index contributed by atoms with van der Waals surface area (Å²) in [4.78, 5) is 14.2. The summed E-state index contributed by atoms with van der Waals surface area (Å²) in [5.74, 6) is 0.0712. The zero-order valence-electron chi connectivity index (χ0n) is 10.7. The lowest BCUT2D eigenvalue weighted by atomic mass is 10.0. The normalized spacial score (nSPS) is 20.7. The molecule has 1 amide bonds. The second kappa shape index (κ2) is 6.34. The molecule has 1 saturated heterocycles. The highest BCUT2D eigenvalue weighted by Gasteiger charge is 2.20. The lowest BCUT2D eigenvalue weighted by Crippen LogP contribution is -2.42. The summed E-state index contributed by atoms with van der Waals surface area (Å²) in [7, 11) is 0. The molecule has 1 aromatic carbocycles. The minimum Gasteiger partial charge on any atom is -0.325 e. The fourth-order valence-corrected chi connectivity index (χ4v) is 2.74. The highest BCUT2D eigenvalue weighted by Crippen LogP contribution is 2.17. The first-order valence-corrected chi connectivity index (χ1v) is 7.24. The van der Waals surface area contributed by atoms with Crippen LogP contribution in [0.1, 0.15) is 26.2 Å². The van der Waals surface area contributed by atoms with Gasteiger partial charge in [-0.2, -0.15) is 0 Å². The molecule has 0 spiro atoms. The summed E-state index contributed by atoms with van der Waals surface area (Å²) in [6, 6.07) is 8.21. The van der Waals surface area contributed by atoms with Gasteiger partial charge in [-0.3, -0.25) is 9.69 Å². The van der Waals surface area contributed by atoms with Crippen LogP contribution in [-0.4, -0.2) is 29.9 Å². The number of piperidine rings is 1. The van der Waals surface area contributed by atoms with Crippen molar-refractivity contribution in [1.82, 2.24) is 4.90 Å². The van der Waals surface area contributed by atoms with Gasteiger partial charge in [0, 0.05) is 16.2 Å². The second-order valence-corrected chi connectivity index (χ2v) is 5.79. The Labute approximate surface area is 117 Å². The Bertz CT molecular complexity index is 422. The molecule has 1 aromatic rings. The Morgan fingerprint density at radius 1 is 1.50 bits per heavy atom. The molecular formula is C14H19BrN2O. The summed E-state index contributed by atoms with van der Waals surface area (Å²) in [5.41, 5.74) is 0.846.